The van der Waals surface area contributed by atoms with Crippen LogP contribution in [0.2, 0.25) is 0 Å². The van der Waals surface area contributed by atoms with Gasteiger partial charge in [0.25, 0.3) is 0 Å². The molecule has 1 aliphatic carbocycles. The zero-order valence-corrected chi connectivity index (χ0v) is 12.5. The summed E-state index contributed by atoms with van der Waals surface area (Å²) >= 11 is 0. The number of nitrogens with two attached hydrogens (primary N) is 1. The van der Waals surface area contributed by atoms with Crippen molar-refractivity contribution in [2.75, 3.05) is 19.0 Å². The van der Waals surface area contributed by atoms with Crippen LogP contribution in [0.3, 0.4) is 0 Å². The van der Waals surface area contributed by atoms with E-state index in [-0.39, 0.29) is 6.04 Å². The summed E-state index contributed by atoms with van der Waals surface area (Å²) in [5.74, 6) is 4.10. The predicted molar refractivity (Wildman–Crippen MR) is 83.6 cm³/mol. The second kappa shape index (κ2) is 5.82. The Morgan fingerprint density at radius 2 is 2.10 bits per heavy atom. The van der Waals surface area contributed by atoms with Crippen LogP contribution in [0, 0.1) is 5.92 Å². The summed E-state index contributed by atoms with van der Waals surface area (Å²) in [6.45, 7) is 2.71. The smallest absolute Gasteiger partial charge is 0.141 e. The minimum atomic E-state index is -0.0518. The molecule has 4 heteroatoms. The molecule has 0 radical (unpaired) electrons. The molecule has 0 amide bonds. The normalized spacial score (nSPS) is 21.9. The number of furan rings is 1. The Kier molecular flexibility index (Phi) is 3.88. The first kappa shape index (κ1) is 14.0. The van der Waals surface area contributed by atoms with Crippen LogP contribution < -0.4 is 15.8 Å². The minimum absolute atomic E-state index is 0.0518. The molecule has 3 rings (SSSR count). The zero-order valence-electron chi connectivity index (χ0n) is 12.5. The molecule has 1 aromatic carbocycles. The van der Waals surface area contributed by atoms with Crippen LogP contribution in [-0.4, -0.2) is 13.7 Å². The van der Waals surface area contributed by atoms with Crippen LogP contribution in [0.5, 0.6) is 5.75 Å². The molecule has 1 fully saturated rings. The number of benzene rings is 1. The predicted octanol–water partition coefficient (Wildman–Crippen LogP) is 3.52. The lowest BCUT2D eigenvalue weighted by atomic mass is 10.2. The van der Waals surface area contributed by atoms with Crippen LogP contribution in [0.25, 0.3) is 0 Å². The summed E-state index contributed by atoms with van der Waals surface area (Å²) in [7, 11) is 1.66. The van der Waals surface area contributed by atoms with E-state index >= 15 is 0 Å². The van der Waals surface area contributed by atoms with E-state index in [1.54, 1.807) is 7.11 Å². The number of hydrogen-bond acceptors (Lipinski definition) is 4. The molecule has 2 aromatic rings. The van der Waals surface area contributed by atoms with E-state index in [4.69, 9.17) is 14.9 Å². The molecule has 0 bridgehead atoms. The topological polar surface area (TPSA) is 60.4 Å². The van der Waals surface area contributed by atoms with Crippen molar-refractivity contribution in [2.24, 2.45) is 11.7 Å². The highest BCUT2D eigenvalue weighted by atomic mass is 16.5. The Hall–Kier alpha value is -1.94. The second-order valence-electron chi connectivity index (χ2n) is 5.69. The van der Waals surface area contributed by atoms with E-state index in [9.17, 15) is 0 Å². The first-order chi connectivity index (χ1) is 10.2. The lowest BCUT2D eigenvalue weighted by Gasteiger charge is -2.18. The number of anilines is 1. The van der Waals surface area contributed by atoms with Gasteiger partial charge in [-0.25, -0.2) is 0 Å². The third-order valence-electron chi connectivity index (χ3n) is 4.14. The maximum absolute atomic E-state index is 5.99. The Bertz CT molecular complexity index is 608. The fraction of sp³-hybridized carbons (Fsp3) is 0.412. The standard InChI is InChI=1S/C17H22N2O2/c1-11-9-12(11)15-7-8-17(21-15)14(10-18)19-13-5-3-4-6-16(13)20-2/h3-8,11-12,14,19H,9-10,18H2,1-2H3. The average Bonchev–Trinajstić information content (AvgIpc) is 3.05. The summed E-state index contributed by atoms with van der Waals surface area (Å²) in [6, 6.07) is 11.9. The van der Waals surface area contributed by atoms with E-state index in [1.807, 2.05) is 30.3 Å². The van der Waals surface area contributed by atoms with Gasteiger partial charge in [-0.1, -0.05) is 19.1 Å². The molecular formula is C17H22N2O2. The van der Waals surface area contributed by atoms with Gasteiger partial charge in [-0.05, 0) is 36.6 Å². The van der Waals surface area contributed by atoms with Crippen LogP contribution in [0.4, 0.5) is 5.69 Å². The van der Waals surface area contributed by atoms with Crippen LogP contribution >= 0.6 is 0 Å². The van der Waals surface area contributed by atoms with Gasteiger partial charge < -0.3 is 20.2 Å². The van der Waals surface area contributed by atoms with Gasteiger partial charge in [0.05, 0.1) is 18.8 Å². The Morgan fingerprint density at radius 3 is 2.76 bits per heavy atom. The average molecular weight is 286 g/mol. The largest absolute Gasteiger partial charge is 0.495 e. The van der Waals surface area contributed by atoms with E-state index in [1.165, 1.54) is 6.42 Å². The van der Waals surface area contributed by atoms with Crippen molar-refractivity contribution < 1.29 is 9.15 Å². The van der Waals surface area contributed by atoms with E-state index in [2.05, 4.69) is 18.3 Å². The number of nitrogens with one attached hydrogen (secondary N) is 1. The molecule has 0 saturated heterocycles. The Morgan fingerprint density at radius 1 is 1.33 bits per heavy atom. The SMILES string of the molecule is COc1ccccc1NC(CN)c1ccc(C2CC2C)o1. The first-order valence-corrected chi connectivity index (χ1v) is 7.42. The summed E-state index contributed by atoms with van der Waals surface area (Å²) in [4.78, 5) is 0. The molecule has 3 unspecified atom stereocenters. The summed E-state index contributed by atoms with van der Waals surface area (Å²) < 4.78 is 11.4. The number of hydrogen-bond donors (Lipinski definition) is 2. The first-order valence-electron chi connectivity index (χ1n) is 7.42. The molecule has 3 atom stereocenters. The summed E-state index contributed by atoms with van der Waals surface area (Å²) in [5.41, 5.74) is 6.83. The van der Waals surface area contributed by atoms with Gasteiger partial charge in [-0.3, -0.25) is 0 Å². The van der Waals surface area contributed by atoms with E-state index < -0.39 is 0 Å². The molecular weight excluding hydrogens is 264 g/mol. The molecule has 1 aliphatic rings. The van der Waals surface area contributed by atoms with Gasteiger partial charge in [0.2, 0.25) is 0 Å². The number of methoxy groups -OCH3 is 1. The number of para-hydroxylation sites is 2. The minimum Gasteiger partial charge on any atom is -0.495 e. The molecule has 112 valence electrons. The van der Waals surface area contributed by atoms with Crippen molar-refractivity contribution in [1.82, 2.24) is 0 Å². The van der Waals surface area contributed by atoms with E-state index in [0.29, 0.717) is 12.5 Å². The van der Waals surface area contributed by atoms with Gasteiger partial charge in [0.15, 0.2) is 0 Å². The molecule has 4 nitrogen and oxygen atoms in total. The second-order valence-corrected chi connectivity index (χ2v) is 5.69. The molecule has 1 aromatic heterocycles. The molecule has 21 heavy (non-hydrogen) atoms. The van der Waals surface area contributed by atoms with Crippen LogP contribution in [0.15, 0.2) is 40.8 Å². The van der Waals surface area contributed by atoms with Crippen molar-refractivity contribution in [1.29, 1.82) is 0 Å². The fourth-order valence-electron chi connectivity index (χ4n) is 2.67. The molecule has 1 saturated carbocycles. The van der Waals surface area contributed by atoms with Gasteiger partial charge in [-0.15, -0.1) is 0 Å². The highest BCUT2D eigenvalue weighted by Crippen LogP contribution is 2.47. The highest BCUT2D eigenvalue weighted by molar-refractivity contribution is 5.57. The maximum Gasteiger partial charge on any atom is 0.141 e. The fourth-order valence-corrected chi connectivity index (χ4v) is 2.67. The lowest BCUT2D eigenvalue weighted by Crippen LogP contribution is -2.20. The van der Waals surface area contributed by atoms with Crippen molar-refractivity contribution in [3.8, 4) is 5.75 Å². The summed E-state index contributed by atoms with van der Waals surface area (Å²) in [6.07, 6.45) is 1.22. The molecule has 3 N–H and O–H groups in total. The van der Waals surface area contributed by atoms with Gasteiger partial charge in [-0.2, -0.15) is 0 Å². The number of rotatable bonds is 6. The van der Waals surface area contributed by atoms with Crippen molar-refractivity contribution in [3.05, 3.63) is 47.9 Å². The van der Waals surface area contributed by atoms with Crippen LogP contribution in [0.1, 0.15) is 36.8 Å². The summed E-state index contributed by atoms with van der Waals surface area (Å²) in [5, 5.41) is 3.40. The third kappa shape index (κ3) is 2.90. The lowest BCUT2D eigenvalue weighted by molar-refractivity contribution is 0.413. The van der Waals surface area contributed by atoms with Crippen molar-refractivity contribution >= 4 is 5.69 Å². The van der Waals surface area contributed by atoms with Crippen LogP contribution in [-0.2, 0) is 0 Å². The van der Waals surface area contributed by atoms with E-state index in [0.717, 1.165) is 28.9 Å². The van der Waals surface area contributed by atoms with Gasteiger partial charge in [0.1, 0.15) is 17.3 Å². The maximum atomic E-state index is 5.99. The van der Waals surface area contributed by atoms with Gasteiger partial charge in [0, 0.05) is 12.5 Å². The quantitative estimate of drug-likeness (QED) is 0.853. The Balaban J connectivity index is 1.77. The monoisotopic (exact) mass is 286 g/mol. The number of ether oxygens (including phenoxy) is 1. The van der Waals surface area contributed by atoms with Crippen molar-refractivity contribution in [3.63, 3.8) is 0 Å². The highest BCUT2D eigenvalue weighted by Gasteiger charge is 2.36. The molecule has 0 aliphatic heterocycles. The molecule has 0 spiro atoms. The van der Waals surface area contributed by atoms with Gasteiger partial charge >= 0.3 is 0 Å². The van der Waals surface area contributed by atoms with Crippen molar-refractivity contribution in [2.45, 2.75) is 25.3 Å². The Labute approximate surface area is 125 Å². The third-order valence-corrected chi connectivity index (χ3v) is 4.14. The molecule has 1 heterocycles. The zero-order chi connectivity index (χ0) is 14.8.